The molecule has 1 saturated heterocycles. The van der Waals surface area contributed by atoms with Gasteiger partial charge in [-0.2, -0.15) is 0 Å². The second-order valence-corrected chi connectivity index (χ2v) is 9.13. The van der Waals surface area contributed by atoms with Gasteiger partial charge in [-0.15, -0.1) is 0 Å². The van der Waals surface area contributed by atoms with Gasteiger partial charge in [0.25, 0.3) is 0 Å². The Labute approximate surface area is 191 Å². The standard InChI is InChI=1S/C26H36N2O4/c1-18(2)13-28(19(3)29)16-21-15-27(14-20-10-11-24(30)26(12-20)32-5)17-23(21)22-8-6-7-9-25(22)31-4/h6-12,18,21,23,30H,13-17H2,1-5H3. The predicted octanol–water partition coefficient (Wildman–Crippen LogP) is 4.13. The third-order valence-corrected chi connectivity index (χ3v) is 6.19. The van der Waals surface area contributed by atoms with Gasteiger partial charge in [0.05, 0.1) is 14.2 Å². The van der Waals surface area contributed by atoms with E-state index in [2.05, 4.69) is 30.9 Å². The Hall–Kier alpha value is -2.73. The Morgan fingerprint density at radius 1 is 1.12 bits per heavy atom. The maximum Gasteiger partial charge on any atom is 0.219 e. The zero-order valence-electron chi connectivity index (χ0n) is 19.9. The Bertz CT molecular complexity index is 914. The Balaban J connectivity index is 1.85. The van der Waals surface area contributed by atoms with Crippen molar-refractivity contribution in [3.05, 3.63) is 53.6 Å². The highest BCUT2D eigenvalue weighted by Gasteiger charge is 2.36. The number of rotatable bonds is 9. The second-order valence-electron chi connectivity index (χ2n) is 9.13. The summed E-state index contributed by atoms with van der Waals surface area (Å²) in [4.78, 5) is 16.8. The summed E-state index contributed by atoms with van der Waals surface area (Å²) in [5, 5.41) is 9.92. The van der Waals surface area contributed by atoms with E-state index in [1.807, 2.05) is 29.2 Å². The number of hydrogen-bond acceptors (Lipinski definition) is 5. The maximum atomic E-state index is 12.4. The zero-order valence-corrected chi connectivity index (χ0v) is 19.9. The lowest BCUT2D eigenvalue weighted by atomic mass is 9.87. The van der Waals surface area contributed by atoms with E-state index in [4.69, 9.17) is 9.47 Å². The van der Waals surface area contributed by atoms with Gasteiger partial charge in [-0.3, -0.25) is 9.69 Å². The van der Waals surface area contributed by atoms with Gasteiger partial charge in [-0.05, 0) is 41.2 Å². The highest BCUT2D eigenvalue weighted by molar-refractivity contribution is 5.73. The van der Waals surface area contributed by atoms with E-state index in [1.54, 1.807) is 27.2 Å². The molecule has 2 unspecified atom stereocenters. The second kappa shape index (κ2) is 10.7. The quantitative estimate of drug-likeness (QED) is 0.635. The van der Waals surface area contributed by atoms with Crippen LogP contribution in [0.1, 0.15) is 37.8 Å². The molecule has 2 atom stereocenters. The van der Waals surface area contributed by atoms with Gasteiger partial charge >= 0.3 is 0 Å². The Kier molecular flexibility index (Phi) is 8.02. The number of carbonyl (C=O) groups excluding carboxylic acids is 1. The zero-order chi connectivity index (χ0) is 23.3. The molecule has 174 valence electrons. The molecule has 0 bridgehead atoms. The number of likely N-dealkylation sites (tertiary alicyclic amines) is 1. The number of benzene rings is 2. The monoisotopic (exact) mass is 440 g/mol. The molecule has 1 aliphatic rings. The third-order valence-electron chi connectivity index (χ3n) is 6.19. The molecule has 3 rings (SSSR count). The fourth-order valence-electron chi connectivity index (χ4n) is 4.73. The van der Waals surface area contributed by atoms with Crippen LogP contribution in [0.15, 0.2) is 42.5 Å². The van der Waals surface area contributed by atoms with Crippen LogP contribution in [0.2, 0.25) is 0 Å². The molecule has 1 heterocycles. The first-order valence-corrected chi connectivity index (χ1v) is 11.3. The number of ether oxygens (including phenoxy) is 2. The van der Waals surface area contributed by atoms with Crippen LogP contribution in [0.5, 0.6) is 17.2 Å². The normalized spacial score (nSPS) is 18.7. The van der Waals surface area contributed by atoms with Crippen molar-refractivity contribution in [2.75, 3.05) is 40.4 Å². The number of methoxy groups -OCH3 is 2. The molecule has 0 aromatic heterocycles. The number of hydrogen-bond donors (Lipinski definition) is 1. The van der Waals surface area contributed by atoms with E-state index in [0.29, 0.717) is 17.6 Å². The van der Waals surface area contributed by atoms with Gasteiger partial charge in [-0.25, -0.2) is 0 Å². The van der Waals surface area contributed by atoms with Crippen LogP contribution in [0.4, 0.5) is 0 Å². The van der Waals surface area contributed by atoms with E-state index >= 15 is 0 Å². The molecule has 0 saturated carbocycles. The van der Waals surface area contributed by atoms with Crippen molar-refractivity contribution in [1.29, 1.82) is 0 Å². The predicted molar refractivity (Wildman–Crippen MR) is 126 cm³/mol. The van der Waals surface area contributed by atoms with Crippen LogP contribution >= 0.6 is 0 Å². The molecule has 2 aromatic carbocycles. The molecule has 0 spiro atoms. The van der Waals surface area contributed by atoms with Crippen LogP contribution in [0.25, 0.3) is 0 Å². The molecule has 2 aromatic rings. The van der Waals surface area contributed by atoms with Gasteiger partial charge in [0.2, 0.25) is 5.91 Å². The van der Waals surface area contributed by atoms with Crippen molar-refractivity contribution >= 4 is 5.91 Å². The summed E-state index contributed by atoms with van der Waals surface area (Å²) in [5.74, 6) is 2.64. The average Bonchev–Trinajstić information content (AvgIpc) is 3.16. The van der Waals surface area contributed by atoms with Crippen LogP contribution in [0.3, 0.4) is 0 Å². The van der Waals surface area contributed by atoms with Gasteiger partial charge in [0.15, 0.2) is 11.5 Å². The molecule has 1 aliphatic heterocycles. The topological polar surface area (TPSA) is 62.2 Å². The summed E-state index contributed by atoms with van der Waals surface area (Å²) in [5.41, 5.74) is 2.28. The molecule has 1 N–H and O–H groups in total. The summed E-state index contributed by atoms with van der Waals surface area (Å²) in [7, 11) is 3.28. The van der Waals surface area contributed by atoms with Crippen molar-refractivity contribution in [3.63, 3.8) is 0 Å². The lowest BCUT2D eigenvalue weighted by molar-refractivity contribution is -0.130. The van der Waals surface area contributed by atoms with Gasteiger partial charge < -0.3 is 19.5 Å². The molecule has 0 aliphatic carbocycles. The van der Waals surface area contributed by atoms with Crippen LogP contribution in [-0.4, -0.2) is 61.2 Å². The first-order chi connectivity index (χ1) is 15.3. The molecular weight excluding hydrogens is 404 g/mol. The molecule has 1 amide bonds. The number of phenols is 1. The number of nitrogens with zero attached hydrogens (tertiary/aromatic N) is 2. The number of amides is 1. The lowest BCUT2D eigenvalue weighted by Gasteiger charge is -2.29. The molecular formula is C26H36N2O4. The fourth-order valence-corrected chi connectivity index (χ4v) is 4.73. The van der Waals surface area contributed by atoms with E-state index in [-0.39, 0.29) is 17.6 Å². The fraction of sp³-hybridized carbons (Fsp3) is 0.500. The number of carbonyl (C=O) groups is 1. The van der Waals surface area contributed by atoms with Crippen LogP contribution < -0.4 is 9.47 Å². The number of phenolic OH excluding ortho intramolecular Hbond substituents is 1. The molecule has 32 heavy (non-hydrogen) atoms. The Morgan fingerprint density at radius 2 is 1.84 bits per heavy atom. The summed E-state index contributed by atoms with van der Waals surface area (Å²) in [6.07, 6.45) is 0. The van der Waals surface area contributed by atoms with E-state index < -0.39 is 0 Å². The summed E-state index contributed by atoms with van der Waals surface area (Å²) < 4.78 is 11.0. The van der Waals surface area contributed by atoms with Crippen molar-refractivity contribution in [1.82, 2.24) is 9.80 Å². The third kappa shape index (κ3) is 5.74. The van der Waals surface area contributed by atoms with Crippen LogP contribution in [-0.2, 0) is 11.3 Å². The summed E-state index contributed by atoms with van der Waals surface area (Å²) in [6, 6.07) is 13.7. The van der Waals surface area contributed by atoms with Crippen molar-refractivity contribution in [2.45, 2.75) is 33.2 Å². The lowest BCUT2D eigenvalue weighted by Crippen LogP contribution is -2.38. The maximum absolute atomic E-state index is 12.4. The highest BCUT2D eigenvalue weighted by atomic mass is 16.5. The summed E-state index contributed by atoms with van der Waals surface area (Å²) >= 11 is 0. The van der Waals surface area contributed by atoms with Crippen molar-refractivity contribution in [3.8, 4) is 17.2 Å². The van der Waals surface area contributed by atoms with Gasteiger partial charge in [0.1, 0.15) is 5.75 Å². The van der Waals surface area contributed by atoms with Gasteiger partial charge in [0, 0.05) is 45.6 Å². The largest absolute Gasteiger partial charge is 0.504 e. The minimum atomic E-state index is 0.124. The van der Waals surface area contributed by atoms with E-state index in [0.717, 1.165) is 44.0 Å². The average molecular weight is 441 g/mol. The molecule has 6 nitrogen and oxygen atoms in total. The summed E-state index contributed by atoms with van der Waals surface area (Å²) in [6.45, 7) is 9.96. The molecule has 0 radical (unpaired) electrons. The first-order valence-electron chi connectivity index (χ1n) is 11.3. The first kappa shape index (κ1) is 23.9. The Morgan fingerprint density at radius 3 is 2.50 bits per heavy atom. The van der Waals surface area contributed by atoms with E-state index in [1.165, 1.54) is 5.56 Å². The molecule has 6 heteroatoms. The number of aromatic hydroxyl groups is 1. The van der Waals surface area contributed by atoms with Crippen molar-refractivity contribution in [2.24, 2.45) is 11.8 Å². The molecule has 1 fully saturated rings. The number of para-hydroxylation sites is 1. The smallest absolute Gasteiger partial charge is 0.219 e. The van der Waals surface area contributed by atoms with Crippen LogP contribution in [0, 0.1) is 11.8 Å². The van der Waals surface area contributed by atoms with Gasteiger partial charge in [-0.1, -0.05) is 38.1 Å². The van der Waals surface area contributed by atoms with E-state index in [9.17, 15) is 9.90 Å². The van der Waals surface area contributed by atoms with Crippen molar-refractivity contribution < 1.29 is 19.4 Å². The highest BCUT2D eigenvalue weighted by Crippen LogP contribution is 2.39. The SMILES string of the molecule is COc1cc(CN2CC(CN(CC(C)C)C(C)=O)C(c3ccccc3OC)C2)ccc1O. The minimum absolute atomic E-state index is 0.124. The minimum Gasteiger partial charge on any atom is -0.504 e.